The van der Waals surface area contributed by atoms with E-state index in [0.29, 0.717) is 25.7 Å². The van der Waals surface area contributed by atoms with Crippen LogP contribution >= 0.6 is 0 Å². The molecular weight excluding hydrogens is 300 g/mol. The first-order valence-electron chi connectivity index (χ1n) is 8.88. The van der Waals surface area contributed by atoms with Crippen LogP contribution < -0.4 is 0 Å². The van der Waals surface area contributed by atoms with E-state index in [9.17, 15) is 4.21 Å². The zero-order chi connectivity index (χ0) is 16.5. The van der Waals surface area contributed by atoms with Gasteiger partial charge in [0.05, 0.1) is 13.2 Å². The average molecular weight is 337 g/mol. The van der Waals surface area contributed by atoms with Crippen molar-refractivity contribution < 1.29 is 17.3 Å². The van der Waals surface area contributed by atoms with Crippen molar-refractivity contribution in [1.29, 1.82) is 0 Å². The molecule has 0 N–H and O–H groups in total. The monoisotopic (exact) mass is 336 g/mol. The molecule has 0 aromatic rings. The second-order valence-electron chi connectivity index (χ2n) is 6.03. The molecule has 0 aliphatic rings. The van der Waals surface area contributed by atoms with Crippen molar-refractivity contribution in [2.75, 3.05) is 26.9 Å². The summed E-state index contributed by atoms with van der Waals surface area (Å²) in [6.07, 6.45) is 12.3. The summed E-state index contributed by atoms with van der Waals surface area (Å²) >= 11 is -1.60. The third-order valence-electron chi connectivity index (χ3n) is 3.69. The summed E-state index contributed by atoms with van der Waals surface area (Å²) in [4.78, 5) is 0. The summed E-state index contributed by atoms with van der Waals surface area (Å²) < 4.78 is 26.8. The Morgan fingerprint density at radius 2 is 1.45 bits per heavy atom. The number of hydrogen-bond acceptors (Lipinski definition) is 4. The molecule has 0 rings (SSSR count). The molecule has 134 valence electrons. The maximum Gasteiger partial charge on any atom is 0.304 e. The van der Waals surface area contributed by atoms with Crippen LogP contribution in [0.15, 0.2) is 0 Å². The van der Waals surface area contributed by atoms with Gasteiger partial charge in [-0.05, 0) is 18.8 Å². The van der Waals surface area contributed by atoms with Gasteiger partial charge in [0.15, 0.2) is 0 Å². The molecule has 5 heteroatoms. The van der Waals surface area contributed by atoms with Gasteiger partial charge < -0.3 is 4.74 Å². The fraction of sp³-hybridized carbons (Fsp3) is 1.00. The van der Waals surface area contributed by atoms with Gasteiger partial charge in [0.1, 0.15) is 0 Å². The third-order valence-corrected chi connectivity index (χ3v) is 4.38. The highest BCUT2D eigenvalue weighted by atomic mass is 32.2. The maximum absolute atomic E-state index is 11.5. The summed E-state index contributed by atoms with van der Waals surface area (Å²) in [5.41, 5.74) is 0. The highest BCUT2D eigenvalue weighted by Gasteiger charge is 2.06. The van der Waals surface area contributed by atoms with E-state index in [4.69, 9.17) is 13.1 Å². The second-order valence-corrected chi connectivity index (χ2v) is 6.91. The summed E-state index contributed by atoms with van der Waals surface area (Å²) in [5, 5.41) is 0. The Morgan fingerprint density at radius 1 is 0.864 bits per heavy atom. The molecule has 0 aromatic carbocycles. The summed E-state index contributed by atoms with van der Waals surface area (Å²) in [7, 11) is 1.68. The highest BCUT2D eigenvalue weighted by Crippen LogP contribution is 2.10. The Labute approximate surface area is 140 Å². The van der Waals surface area contributed by atoms with Crippen molar-refractivity contribution in [2.45, 2.75) is 78.1 Å². The minimum Gasteiger partial charge on any atom is -0.385 e. The number of hydrogen-bond donors (Lipinski definition) is 0. The molecule has 0 bridgehead atoms. The van der Waals surface area contributed by atoms with Crippen LogP contribution in [0.25, 0.3) is 0 Å². The molecule has 0 saturated carbocycles. The van der Waals surface area contributed by atoms with Crippen molar-refractivity contribution in [3.8, 4) is 0 Å². The third kappa shape index (κ3) is 16.4. The first kappa shape index (κ1) is 22.0. The quantitative estimate of drug-likeness (QED) is 0.358. The van der Waals surface area contributed by atoms with Crippen LogP contribution in [0, 0.1) is 5.92 Å². The number of unbranched alkanes of at least 4 members (excludes halogenated alkanes) is 8. The van der Waals surface area contributed by atoms with Crippen molar-refractivity contribution >= 4 is 11.4 Å². The van der Waals surface area contributed by atoms with E-state index in [2.05, 4.69) is 13.8 Å². The minimum atomic E-state index is -1.60. The van der Waals surface area contributed by atoms with E-state index >= 15 is 0 Å². The van der Waals surface area contributed by atoms with Gasteiger partial charge >= 0.3 is 11.4 Å². The SMILES string of the molecule is CCCCCCCCCCCOS(=O)OCC(C)CCOC. The van der Waals surface area contributed by atoms with Crippen molar-refractivity contribution in [2.24, 2.45) is 5.92 Å². The molecule has 0 amide bonds. The molecule has 0 aliphatic heterocycles. The number of rotatable bonds is 17. The Morgan fingerprint density at radius 3 is 2.05 bits per heavy atom. The lowest BCUT2D eigenvalue weighted by molar-refractivity contribution is 0.157. The van der Waals surface area contributed by atoms with Crippen LogP contribution in [0.2, 0.25) is 0 Å². The normalized spacial score (nSPS) is 14.1. The highest BCUT2D eigenvalue weighted by molar-refractivity contribution is 7.75. The van der Waals surface area contributed by atoms with Gasteiger partial charge in [-0.25, -0.2) is 0 Å². The molecule has 4 nitrogen and oxygen atoms in total. The molecular formula is C17H36O4S. The molecule has 2 atom stereocenters. The predicted molar refractivity (Wildman–Crippen MR) is 92.9 cm³/mol. The van der Waals surface area contributed by atoms with E-state index in [0.717, 1.165) is 19.3 Å². The molecule has 0 saturated heterocycles. The number of ether oxygens (including phenoxy) is 1. The molecule has 0 aliphatic carbocycles. The van der Waals surface area contributed by atoms with E-state index in [1.54, 1.807) is 7.11 Å². The van der Waals surface area contributed by atoms with Crippen molar-refractivity contribution in [1.82, 2.24) is 0 Å². The fourth-order valence-corrected chi connectivity index (χ4v) is 2.81. The van der Waals surface area contributed by atoms with E-state index < -0.39 is 11.4 Å². The summed E-state index contributed by atoms with van der Waals surface area (Å²) in [6, 6.07) is 0. The molecule has 22 heavy (non-hydrogen) atoms. The lowest BCUT2D eigenvalue weighted by Crippen LogP contribution is -2.12. The van der Waals surface area contributed by atoms with E-state index in [1.165, 1.54) is 44.9 Å². The van der Waals surface area contributed by atoms with Gasteiger partial charge in [-0.2, -0.15) is 4.21 Å². The van der Waals surface area contributed by atoms with Gasteiger partial charge in [0, 0.05) is 13.7 Å². The van der Waals surface area contributed by atoms with Crippen LogP contribution in [0.1, 0.15) is 78.1 Å². The largest absolute Gasteiger partial charge is 0.385 e. The van der Waals surface area contributed by atoms with Gasteiger partial charge in [0.2, 0.25) is 0 Å². The first-order valence-corrected chi connectivity index (χ1v) is 9.88. The van der Waals surface area contributed by atoms with Gasteiger partial charge in [-0.15, -0.1) is 0 Å². The molecule has 2 unspecified atom stereocenters. The van der Waals surface area contributed by atoms with E-state index in [-0.39, 0.29) is 0 Å². The topological polar surface area (TPSA) is 44.8 Å². The average Bonchev–Trinajstić information content (AvgIpc) is 2.52. The maximum atomic E-state index is 11.5. The van der Waals surface area contributed by atoms with E-state index in [1.807, 2.05) is 0 Å². The molecule has 0 spiro atoms. The molecule has 0 aromatic heterocycles. The fourth-order valence-electron chi connectivity index (χ4n) is 2.15. The molecule has 0 fully saturated rings. The standard InChI is InChI=1S/C17H36O4S/c1-4-5-6-7-8-9-10-11-12-14-20-22(18)21-16-17(2)13-15-19-3/h17H,4-16H2,1-3H3. The van der Waals surface area contributed by atoms with Crippen molar-refractivity contribution in [3.63, 3.8) is 0 Å². The van der Waals surface area contributed by atoms with Gasteiger partial charge in [0.25, 0.3) is 0 Å². The van der Waals surface area contributed by atoms with Crippen molar-refractivity contribution in [3.05, 3.63) is 0 Å². The zero-order valence-electron chi connectivity index (χ0n) is 14.8. The Hall–Kier alpha value is 0.0300. The Kier molecular flexibility index (Phi) is 17.4. The lowest BCUT2D eigenvalue weighted by atomic mass is 10.1. The van der Waals surface area contributed by atoms with Crippen LogP contribution in [-0.2, 0) is 24.5 Å². The Balaban J connectivity index is 3.24. The molecule has 0 heterocycles. The smallest absolute Gasteiger partial charge is 0.304 e. The van der Waals surface area contributed by atoms with Gasteiger partial charge in [-0.1, -0.05) is 65.2 Å². The number of methoxy groups -OCH3 is 1. The van der Waals surface area contributed by atoms with Crippen LogP contribution in [-0.4, -0.2) is 31.1 Å². The van der Waals surface area contributed by atoms with Crippen LogP contribution in [0.4, 0.5) is 0 Å². The summed E-state index contributed by atoms with van der Waals surface area (Å²) in [5.74, 6) is 0.334. The predicted octanol–water partition coefficient (Wildman–Crippen LogP) is 4.80. The second kappa shape index (κ2) is 17.4. The van der Waals surface area contributed by atoms with Crippen LogP contribution in [0.3, 0.4) is 0 Å². The Bertz CT molecular complexity index is 249. The lowest BCUT2D eigenvalue weighted by Gasteiger charge is -2.10. The van der Waals surface area contributed by atoms with Crippen LogP contribution in [0.5, 0.6) is 0 Å². The first-order chi connectivity index (χ1) is 10.7. The minimum absolute atomic E-state index is 0.334. The molecule has 0 radical (unpaired) electrons. The van der Waals surface area contributed by atoms with Gasteiger partial charge in [-0.3, -0.25) is 8.37 Å². The summed E-state index contributed by atoms with van der Waals surface area (Å²) in [6.45, 7) is 5.98. The zero-order valence-corrected chi connectivity index (χ0v) is 15.6.